The van der Waals surface area contributed by atoms with Gasteiger partial charge < -0.3 is 15.1 Å². The van der Waals surface area contributed by atoms with E-state index in [1.54, 1.807) is 6.20 Å². The van der Waals surface area contributed by atoms with Crippen molar-refractivity contribution in [3.63, 3.8) is 0 Å². The molecule has 0 bridgehead atoms. The zero-order valence-electron chi connectivity index (χ0n) is 11.6. The maximum Gasteiger partial charge on any atom is 0.172 e. The first-order valence-corrected chi connectivity index (χ1v) is 7.33. The van der Waals surface area contributed by atoms with Crippen molar-refractivity contribution in [2.45, 2.75) is 11.3 Å². The summed E-state index contributed by atoms with van der Waals surface area (Å²) >= 11 is 1.42. The lowest BCUT2D eigenvalue weighted by Gasteiger charge is -2.14. The molecular weight excluding hydrogens is 274 g/mol. The quantitative estimate of drug-likeness (QED) is 0.788. The van der Waals surface area contributed by atoms with Crippen LogP contribution in [0.1, 0.15) is 0 Å². The summed E-state index contributed by atoms with van der Waals surface area (Å²) < 4.78 is 1.97. The lowest BCUT2D eigenvalue weighted by atomic mass is 10.2. The van der Waals surface area contributed by atoms with Gasteiger partial charge in [0.05, 0.1) is 12.7 Å². The first kappa shape index (κ1) is 14.9. The number of rotatable bonds is 6. The lowest BCUT2D eigenvalue weighted by molar-refractivity contribution is 0.113. The molecule has 0 saturated heterocycles. The fourth-order valence-electron chi connectivity index (χ4n) is 1.73. The van der Waals surface area contributed by atoms with Crippen molar-refractivity contribution in [1.82, 2.24) is 9.55 Å². The Bertz CT molecular complexity index is 540. The van der Waals surface area contributed by atoms with E-state index in [-0.39, 0.29) is 6.61 Å². The number of hydrogen-bond acceptors (Lipinski definition) is 5. The summed E-state index contributed by atoms with van der Waals surface area (Å²) in [5, 5.41) is 19.0. The fraction of sp³-hybridized carbons (Fsp3) is 0.357. The Morgan fingerprint density at radius 3 is 2.60 bits per heavy atom. The van der Waals surface area contributed by atoms with Gasteiger partial charge in [-0.1, -0.05) is 11.8 Å². The van der Waals surface area contributed by atoms with E-state index in [0.717, 1.165) is 16.5 Å². The van der Waals surface area contributed by atoms with E-state index in [1.165, 1.54) is 11.8 Å². The molecule has 0 aliphatic rings. The predicted octanol–water partition coefficient (Wildman–Crippen LogP) is 1.38. The third kappa shape index (κ3) is 3.53. The molecule has 2 aromatic rings. The Kier molecular flexibility index (Phi) is 5.05. The van der Waals surface area contributed by atoms with E-state index >= 15 is 0 Å². The van der Waals surface area contributed by atoms with Crippen molar-refractivity contribution in [1.29, 1.82) is 0 Å². The van der Waals surface area contributed by atoms with E-state index in [0.29, 0.717) is 5.75 Å². The van der Waals surface area contributed by atoms with Crippen molar-refractivity contribution >= 4 is 17.4 Å². The summed E-state index contributed by atoms with van der Waals surface area (Å²) in [5.74, 6) is 0.420. The summed E-state index contributed by atoms with van der Waals surface area (Å²) in [5.41, 5.74) is 2.16. The summed E-state index contributed by atoms with van der Waals surface area (Å²) in [4.78, 5) is 6.33. The van der Waals surface area contributed by atoms with E-state index in [9.17, 15) is 5.11 Å². The number of anilines is 1. The number of hydrogen-bond donors (Lipinski definition) is 2. The Morgan fingerprint density at radius 2 is 2.00 bits per heavy atom. The minimum Gasteiger partial charge on any atom is -0.394 e. The smallest absolute Gasteiger partial charge is 0.172 e. The van der Waals surface area contributed by atoms with Gasteiger partial charge in [0.1, 0.15) is 0 Å². The molecule has 1 atom stereocenters. The van der Waals surface area contributed by atoms with E-state index < -0.39 is 6.10 Å². The Balaban J connectivity index is 2.14. The van der Waals surface area contributed by atoms with Crippen LogP contribution in [0.3, 0.4) is 0 Å². The number of nitrogens with zero attached hydrogens (tertiary/aromatic N) is 3. The molecule has 6 heteroatoms. The Labute approximate surface area is 122 Å². The van der Waals surface area contributed by atoms with Crippen LogP contribution in [0.15, 0.2) is 41.8 Å². The normalized spacial score (nSPS) is 12.4. The number of aliphatic hydroxyl groups is 2. The Morgan fingerprint density at radius 1 is 1.30 bits per heavy atom. The second-order valence-electron chi connectivity index (χ2n) is 4.64. The lowest BCUT2D eigenvalue weighted by Crippen LogP contribution is -2.15. The van der Waals surface area contributed by atoms with Crippen LogP contribution in [0, 0.1) is 0 Å². The van der Waals surface area contributed by atoms with Crippen LogP contribution in [0.5, 0.6) is 0 Å². The van der Waals surface area contributed by atoms with E-state index in [2.05, 4.69) is 4.98 Å². The number of thioether (sulfide) groups is 1. The average Bonchev–Trinajstić information content (AvgIpc) is 2.93. The molecule has 20 heavy (non-hydrogen) atoms. The monoisotopic (exact) mass is 293 g/mol. The van der Waals surface area contributed by atoms with Crippen LogP contribution in [0.4, 0.5) is 5.69 Å². The molecule has 0 aliphatic carbocycles. The van der Waals surface area contributed by atoms with Gasteiger partial charge in [0, 0.05) is 43.6 Å². The fourth-order valence-corrected chi connectivity index (χ4v) is 2.62. The van der Waals surface area contributed by atoms with Crippen LogP contribution >= 0.6 is 11.8 Å². The van der Waals surface area contributed by atoms with Crippen LogP contribution in [0.25, 0.3) is 5.69 Å². The first-order chi connectivity index (χ1) is 9.61. The van der Waals surface area contributed by atoms with E-state index in [1.807, 2.05) is 54.0 Å². The molecule has 1 aromatic carbocycles. The van der Waals surface area contributed by atoms with Gasteiger partial charge in [-0.05, 0) is 24.3 Å². The predicted molar refractivity (Wildman–Crippen MR) is 81.7 cm³/mol. The first-order valence-electron chi connectivity index (χ1n) is 6.34. The molecule has 1 unspecified atom stereocenters. The van der Waals surface area contributed by atoms with Gasteiger partial charge in [0.2, 0.25) is 0 Å². The van der Waals surface area contributed by atoms with Crippen LogP contribution in [-0.2, 0) is 0 Å². The summed E-state index contributed by atoms with van der Waals surface area (Å²) in [6.07, 6.45) is 2.90. The van der Waals surface area contributed by atoms with Gasteiger partial charge >= 0.3 is 0 Å². The zero-order chi connectivity index (χ0) is 14.5. The molecule has 2 N–H and O–H groups in total. The molecule has 0 amide bonds. The van der Waals surface area contributed by atoms with E-state index in [4.69, 9.17) is 5.11 Å². The summed E-state index contributed by atoms with van der Waals surface area (Å²) in [6.45, 7) is -0.231. The highest BCUT2D eigenvalue weighted by Gasteiger charge is 2.09. The van der Waals surface area contributed by atoms with Gasteiger partial charge in [0.15, 0.2) is 5.16 Å². The van der Waals surface area contributed by atoms with Gasteiger partial charge in [-0.15, -0.1) is 0 Å². The minimum atomic E-state index is -0.721. The summed E-state index contributed by atoms with van der Waals surface area (Å²) in [6, 6.07) is 8.16. The number of aromatic nitrogens is 2. The molecule has 0 aliphatic heterocycles. The molecule has 0 radical (unpaired) electrons. The van der Waals surface area contributed by atoms with Gasteiger partial charge in [-0.3, -0.25) is 4.57 Å². The number of imidazole rings is 1. The standard InChI is InChI=1S/C14H19N3O2S/c1-16(2)11-3-5-12(6-4-11)17-8-7-15-14(17)20-10-13(19)9-18/h3-8,13,18-19H,9-10H2,1-2H3. The zero-order valence-corrected chi connectivity index (χ0v) is 12.4. The SMILES string of the molecule is CN(C)c1ccc(-n2ccnc2SCC(O)CO)cc1. The topological polar surface area (TPSA) is 61.5 Å². The molecule has 0 saturated carbocycles. The second kappa shape index (κ2) is 6.78. The van der Waals surface area contributed by atoms with Crippen LogP contribution < -0.4 is 4.90 Å². The van der Waals surface area contributed by atoms with Crippen LogP contribution in [0.2, 0.25) is 0 Å². The largest absolute Gasteiger partial charge is 0.394 e. The van der Waals surface area contributed by atoms with Crippen LogP contribution in [-0.4, -0.2) is 52.3 Å². The van der Waals surface area contributed by atoms with Crippen molar-refractivity contribution in [3.05, 3.63) is 36.7 Å². The molecule has 1 heterocycles. The average molecular weight is 293 g/mol. The van der Waals surface area contributed by atoms with Crippen molar-refractivity contribution in [2.24, 2.45) is 0 Å². The molecule has 108 valence electrons. The van der Waals surface area contributed by atoms with Crippen molar-refractivity contribution < 1.29 is 10.2 Å². The summed E-state index contributed by atoms with van der Waals surface area (Å²) in [7, 11) is 4.01. The molecule has 0 fully saturated rings. The van der Waals surface area contributed by atoms with Crippen molar-refractivity contribution in [2.75, 3.05) is 31.4 Å². The van der Waals surface area contributed by atoms with Crippen molar-refractivity contribution in [3.8, 4) is 5.69 Å². The van der Waals surface area contributed by atoms with Gasteiger partial charge in [-0.25, -0.2) is 4.98 Å². The highest BCUT2D eigenvalue weighted by Crippen LogP contribution is 2.22. The molecular formula is C14H19N3O2S. The third-order valence-electron chi connectivity index (χ3n) is 2.87. The molecule has 1 aromatic heterocycles. The van der Waals surface area contributed by atoms with Gasteiger partial charge in [0.25, 0.3) is 0 Å². The molecule has 5 nitrogen and oxygen atoms in total. The third-order valence-corrected chi connectivity index (χ3v) is 3.98. The maximum atomic E-state index is 9.40. The highest BCUT2D eigenvalue weighted by molar-refractivity contribution is 7.99. The molecule has 2 rings (SSSR count). The minimum absolute atomic E-state index is 0.231. The second-order valence-corrected chi connectivity index (χ2v) is 5.63. The Hall–Kier alpha value is -1.50. The molecule has 0 spiro atoms. The highest BCUT2D eigenvalue weighted by atomic mass is 32.2. The number of aliphatic hydroxyl groups excluding tert-OH is 2. The maximum absolute atomic E-state index is 9.40. The number of benzene rings is 1. The van der Waals surface area contributed by atoms with Gasteiger partial charge in [-0.2, -0.15) is 0 Å².